The van der Waals surface area contributed by atoms with Crippen LogP contribution in [0, 0.1) is 0 Å². The molecule has 1 aliphatic carbocycles. The van der Waals surface area contributed by atoms with Crippen LogP contribution in [0.4, 0.5) is 13.2 Å². The first kappa shape index (κ1) is 22.2. The van der Waals surface area contributed by atoms with Crippen molar-refractivity contribution < 1.29 is 37.3 Å². The van der Waals surface area contributed by atoms with Crippen molar-refractivity contribution in [1.29, 1.82) is 0 Å². The first-order chi connectivity index (χ1) is 16.8. The molecule has 4 atom stereocenters. The van der Waals surface area contributed by atoms with Gasteiger partial charge in [-0.05, 0) is 53.5 Å². The number of aliphatic hydroxyl groups excluding tert-OH is 1. The van der Waals surface area contributed by atoms with Gasteiger partial charge in [0.25, 0.3) is 0 Å². The van der Waals surface area contributed by atoms with Gasteiger partial charge in [-0.15, -0.1) is 0 Å². The lowest BCUT2D eigenvalue weighted by Gasteiger charge is -2.45. The Hall–Kier alpha value is -3.30. The molecule has 0 saturated carbocycles. The van der Waals surface area contributed by atoms with Crippen molar-refractivity contribution in [1.82, 2.24) is 4.90 Å². The van der Waals surface area contributed by atoms with Crippen LogP contribution in [0.25, 0.3) is 6.08 Å². The lowest BCUT2D eigenvalue weighted by molar-refractivity contribution is -0.151. The molecule has 0 spiro atoms. The van der Waals surface area contributed by atoms with E-state index in [0.717, 1.165) is 48.3 Å². The molecule has 4 aliphatic rings. The zero-order chi connectivity index (χ0) is 24.3. The highest BCUT2D eigenvalue weighted by molar-refractivity contribution is 5.87. The average molecular weight is 485 g/mol. The molecular weight excluding hydrogens is 463 g/mol. The molecule has 1 saturated heterocycles. The van der Waals surface area contributed by atoms with Crippen LogP contribution in [0.5, 0.6) is 11.5 Å². The molecule has 2 unspecified atom stereocenters. The number of hydrogen-bond donors (Lipinski definition) is 1. The summed E-state index contributed by atoms with van der Waals surface area (Å²) < 4.78 is 55.2. The Bertz CT molecular complexity index is 1240. The monoisotopic (exact) mass is 485 g/mol. The standard InChI is InChI=1S/C26H22F3NO5/c27-26(28,29)17-4-1-14(2-5-17)3-6-22(32)35-25-19(31)9-15-7-8-30-12-16-10-20-21(34-13-33-20)11-18(16)23(25)24(15)30/h1-6,9-11,19,23-25,31H,7-8,12-13H2/b6-3+/t19-,23?,24?,25+/m0/s1. The number of ether oxygens (including phenoxy) is 3. The van der Waals surface area contributed by atoms with Crippen LogP contribution in [-0.2, 0) is 22.3 Å². The maximum absolute atomic E-state index is 12.8. The SMILES string of the molecule is O=C(/C=C/c1ccc(C(F)(F)F)cc1)O[C@H]1C2c3cc4c(cc3CN3CCC(=C[C@@H]1O)C23)OCO4. The first-order valence-corrected chi connectivity index (χ1v) is 11.4. The highest BCUT2D eigenvalue weighted by Gasteiger charge is 2.50. The number of nitrogens with zero attached hydrogens (tertiary/aromatic N) is 1. The Morgan fingerprint density at radius 1 is 1.14 bits per heavy atom. The maximum atomic E-state index is 12.8. The second-order valence-electron chi connectivity index (χ2n) is 9.18. The van der Waals surface area contributed by atoms with Crippen molar-refractivity contribution in [3.63, 3.8) is 0 Å². The summed E-state index contributed by atoms with van der Waals surface area (Å²) in [5, 5.41) is 10.9. The van der Waals surface area contributed by atoms with Gasteiger partial charge in [0.2, 0.25) is 6.79 Å². The van der Waals surface area contributed by atoms with Crippen LogP contribution in [0.1, 0.15) is 34.6 Å². The predicted molar refractivity (Wildman–Crippen MR) is 119 cm³/mol. The zero-order valence-electron chi connectivity index (χ0n) is 18.5. The van der Waals surface area contributed by atoms with Crippen LogP contribution in [0.3, 0.4) is 0 Å². The molecule has 1 N–H and O–H groups in total. The molecule has 35 heavy (non-hydrogen) atoms. The summed E-state index contributed by atoms with van der Waals surface area (Å²) in [6.45, 7) is 1.73. The fraction of sp³-hybridized carbons (Fsp3) is 0.346. The molecule has 182 valence electrons. The second-order valence-corrected chi connectivity index (χ2v) is 9.18. The number of carbonyl (C=O) groups excluding carboxylic acids is 1. The van der Waals surface area contributed by atoms with E-state index in [1.54, 1.807) is 6.08 Å². The summed E-state index contributed by atoms with van der Waals surface area (Å²) in [6.07, 6.45) is -1.03. The predicted octanol–water partition coefficient (Wildman–Crippen LogP) is 4.03. The topological polar surface area (TPSA) is 68.2 Å². The fourth-order valence-electron chi connectivity index (χ4n) is 5.59. The van der Waals surface area contributed by atoms with E-state index in [1.807, 2.05) is 12.1 Å². The van der Waals surface area contributed by atoms with E-state index in [-0.39, 0.29) is 18.8 Å². The Morgan fingerprint density at radius 3 is 2.63 bits per heavy atom. The van der Waals surface area contributed by atoms with Gasteiger partial charge in [-0.3, -0.25) is 4.90 Å². The minimum absolute atomic E-state index is 0.0166. The molecule has 0 aromatic heterocycles. The molecule has 2 aromatic rings. The number of aliphatic hydroxyl groups is 1. The lowest BCUT2D eigenvalue weighted by atomic mass is 9.73. The van der Waals surface area contributed by atoms with Crippen molar-refractivity contribution in [3.05, 3.63) is 76.4 Å². The molecular formula is C26H22F3NO5. The molecule has 3 aliphatic heterocycles. The number of fused-ring (bicyclic) bond motifs is 3. The van der Waals surface area contributed by atoms with E-state index < -0.39 is 29.9 Å². The third-order valence-electron chi connectivity index (χ3n) is 7.15. The quantitative estimate of drug-likeness (QED) is 0.402. The van der Waals surface area contributed by atoms with Gasteiger partial charge in [0, 0.05) is 31.1 Å². The maximum Gasteiger partial charge on any atom is 0.416 e. The highest BCUT2D eigenvalue weighted by Crippen LogP contribution is 2.50. The Kier molecular flexibility index (Phi) is 5.16. The van der Waals surface area contributed by atoms with Crippen molar-refractivity contribution in [3.8, 4) is 11.5 Å². The normalized spacial score (nSPS) is 26.9. The van der Waals surface area contributed by atoms with Gasteiger partial charge in [0.1, 0.15) is 12.2 Å². The fourth-order valence-corrected chi connectivity index (χ4v) is 5.59. The van der Waals surface area contributed by atoms with E-state index >= 15 is 0 Å². The summed E-state index contributed by atoms with van der Waals surface area (Å²) in [5.41, 5.74) is 2.82. The van der Waals surface area contributed by atoms with E-state index in [4.69, 9.17) is 14.2 Å². The largest absolute Gasteiger partial charge is 0.455 e. The van der Waals surface area contributed by atoms with E-state index in [2.05, 4.69) is 4.90 Å². The minimum atomic E-state index is -4.42. The van der Waals surface area contributed by atoms with Crippen LogP contribution in [0.15, 0.2) is 54.1 Å². The third kappa shape index (κ3) is 3.88. The van der Waals surface area contributed by atoms with Crippen molar-refractivity contribution in [2.45, 2.75) is 43.3 Å². The number of hydrogen-bond acceptors (Lipinski definition) is 6. The van der Waals surface area contributed by atoms with Crippen LogP contribution in [0.2, 0.25) is 0 Å². The number of alkyl halides is 3. The van der Waals surface area contributed by atoms with Gasteiger partial charge in [-0.25, -0.2) is 4.79 Å². The van der Waals surface area contributed by atoms with Gasteiger partial charge in [0.15, 0.2) is 11.5 Å². The highest BCUT2D eigenvalue weighted by atomic mass is 19.4. The summed E-state index contributed by atoms with van der Waals surface area (Å²) in [5.74, 6) is 0.354. The second kappa shape index (κ2) is 8.13. The molecule has 0 radical (unpaired) electrons. The van der Waals surface area contributed by atoms with Crippen molar-refractivity contribution >= 4 is 12.0 Å². The molecule has 2 aromatic carbocycles. The van der Waals surface area contributed by atoms with E-state index in [9.17, 15) is 23.1 Å². The Balaban J connectivity index is 1.27. The molecule has 3 heterocycles. The number of benzene rings is 2. The number of esters is 1. The number of rotatable bonds is 3. The van der Waals surface area contributed by atoms with Gasteiger partial charge >= 0.3 is 12.1 Å². The zero-order valence-corrected chi connectivity index (χ0v) is 18.5. The summed E-state index contributed by atoms with van der Waals surface area (Å²) in [4.78, 5) is 15.1. The van der Waals surface area contributed by atoms with Crippen molar-refractivity contribution in [2.24, 2.45) is 0 Å². The molecule has 6 nitrogen and oxygen atoms in total. The Morgan fingerprint density at radius 2 is 1.89 bits per heavy atom. The molecule has 6 rings (SSSR count). The average Bonchev–Trinajstić information content (AvgIpc) is 3.45. The van der Waals surface area contributed by atoms with E-state index in [0.29, 0.717) is 17.1 Å². The van der Waals surface area contributed by atoms with Crippen LogP contribution >= 0.6 is 0 Å². The van der Waals surface area contributed by atoms with Gasteiger partial charge < -0.3 is 19.3 Å². The molecule has 0 bridgehead atoms. The molecule has 0 amide bonds. The van der Waals surface area contributed by atoms with Crippen LogP contribution in [-0.4, -0.2) is 47.6 Å². The van der Waals surface area contributed by atoms with Crippen molar-refractivity contribution in [2.75, 3.05) is 13.3 Å². The van der Waals surface area contributed by atoms with Gasteiger partial charge in [0.05, 0.1) is 5.56 Å². The molecule has 1 fully saturated rings. The molecule has 9 heteroatoms. The van der Waals surface area contributed by atoms with Gasteiger partial charge in [-0.2, -0.15) is 13.2 Å². The Labute approximate surface area is 199 Å². The first-order valence-electron chi connectivity index (χ1n) is 11.4. The summed E-state index contributed by atoms with van der Waals surface area (Å²) in [6, 6.07) is 8.39. The smallest absolute Gasteiger partial charge is 0.416 e. The lowest BCUT2D eigenvalue weighted by Crippen LogP contribution is -2.51. The summed E-state index contributed by atoms with van der Waals surface area (Å²) >= 11 is 0. The van der Waals surface area contributed by atoms with E-state index in [1.165, 1.54) is 24.3 Å². The number of halogens is 3. The number of carbonyl (C=O) groups is 1. The summed E-state index contributed by atoms with van der Waals surface area (Å²) in [7, 11) is 0. The van der Waals surface area contributed by atoms with Crippen LogP contribution < -0.4 is 9.47 Å². The van der Waals surface area contributed by atoms with Gasteiger partial charge in [-0.1, -0.05) is 23.8 Å². The third-order valence-corrected chi connectivity index (χ3v) is 7.15. The minimum Gasteiger partial charge on any atom is -0.455 e.